The number of ether oxygens (including phenoxy) is 2. The number of nitrogens with one attached hydrogen (secondary N) is 1. The molecular weight excluding hydrogens is 230 g/mol. The molecule has 1 rings (SSSR count). The number of para-hydroxylation sites is 2. The Morgan fingerprint density at radius 2 is 1.83 bits per heavy atom. The Labute approximate surface area is 109 Å². The molecule has 1 aromatic rings. The summed E-state index contributed by atoms with van der Waals surface area (Å²) in [4.78, 5) is 0. The van der Waals surface area contributed by atoms with Gasteiger partial charge in [-0.05, 0) is 25.5 Å². The minimum Gasteiger partial charge on any atom is -0.490 e. The third-order valence-electron chi connectivity index (χ3n) is 2.54. The molecule has 18 heavy (non-hydrogen) atoms. The largest absolute Gasteiger partial charge is 0.490 e. The fourth-order valence-corrected chi connectivity index (χ4v) is 1.49. The van der Waals surface area contributed by atoms with Crippen molar-refractivity contribution in [2.75, 3.05) is 26.3 Å². The lowest BCUT2D eigenvalue weighted by Gasteiger charge is -2.13. The normalized spacial score (nSPS) is 12.2. The van der Waals surface area contributed by atoms with Crippen LogP contribution in [0.5, 0.6) is 11.5 Å². The molecule has 0 saturated heterocycles. The number of aliphatic hydroxyl groups is 1. The zero-order chi connectivity index (χ0) is 13.2. The average Bonchev–Trinajstić information content (AvgIpc) is 2.40. The van der Waals surface area contributed by atoms with Gasteiger partial charge in [0.25, 0.3) is 0 Å². The molecule has 4 heteroatoms. The summed E-state index contributed by atoms with van der Waals surface area (Å²) in [6.45, 7) is 6.40. The maximum atomic E-state index is 9.37. The van der Waals surface area contributed by atoms with E-state index < -0.39 is 0 Å². The SMILES string of the molecule is CCOc1ccccc1OCCNCC(O)CC. The summed E-state index contributed by atoms with van der Waals surface area (Å²) in [7, 11) is 0. The molecule has 0 fully saturated rings. The van der Waals surface area contributed by atoms with Crippen molar-refractivity contribution in [2.45, 2.75) is 26.4 Å². The summed E-state index contributed by atoms with van der Waals surface area (Å²) in [5, 5.41) is 12.5. The highest BCUT2D eigenvalue weighted by molar-refractivity contribution is 5.39. The predicted octanol–water partition coefficient (Wildman–Crippen LogP) is 1.82. The van der Waals surface area contributed by atoms with Gasteiger partial charge in [-0.2, -0.15) is 0 Å². The van der Waals surface area contributed by atoms with Crippen molar-refractivity contribution in [3.63, 3.8) is 0 Å². The van der Waals surface area contributed by atoms with Crippen LogP contribution in [0.3, 0.4) is 0 Å². The highest BCUT2D eigenvalue weighted by Crippen LogP contribution is 2.25. The molecule has 0 bridgehead atoms. The van der Waals surface area contributed by atoms with E-state index in [2.05, 4.69) is 5.32 Å². The first-order chi connectivity index (χ1) is 8.77. The molecule has 0 aromatic heterocycles. The fraction of sp³-hybridized carbons (Fsp3) is 0.571. The van der Waals surface area contributed by atoms with Crippen LogP contribution in [0.25, 0.3) is 0 Å². The number of benzene rings is 1. The standard InChI is InChI=1S/C14H23NO3/c1-3-12(16)11-15-9-10-18-14-8-6-5-7-13(14)17-4-2/h5-8,12,15-16H,3-4,9-11H2,1-2H3. The molecule has 0 heterocycles. The number of hydrogen-bond donors (Lipinski definition) is 2. The van der Waals surface area contributed by atoms with Crippen molar-refractivity contribution in [2.24, 2.45) is 0 Å². The van der Waals surface area contributed by atoms with Gasteiger partial charge in [0, 0.05) is 13.1 Å². The second-order valence-electron chi connectivity index (χ2n) is 3.99. The van der Waals surface area contributed by atoms with Crippen molar-refractivity contribution in [1.29, 1.82) is 0 Å². The Balaban J connectivity index is 2.26. The van der Waals surface area contributed by atoms with Crippen LogP contribution in [0.4, 0.5) is 0 Å². The molecule has 1 aromatic carbocycles. The zero-order valence-corrected chi connectivity index (χ0v) is 11.2. The first kappa shape index (κ1) is 14.8. The summed E-state index contributed by atoms with van der Waals surface area (Å²) < 4.78 is 11.1. The predicted molar refractivity (Wildman–Crippen MR) is 72.3 cm³/mol. The summed E-state index contributed by atoms with van der Waals surface area (Å²) in [5.41, 5.74) is 0. The quantitative estimate of drug-likeness (QED) is 0.659. The van der Waals surface area contributed by atoms with Crippen LogP contribution < -0.4 is 14.8 Å². The van der Waals surface area contributed by atoms with Crippen molar-refractivity contribution in [3.05, 3.63) is 24.3 Å². The van der Waals surface area contributed by atoms with Gasteiger partial charge in [0.1, 0.15) is 6.61 Å². The minimum absolute atomic E-state index is 0.277. The van der Waals surface area contributed by atoms with Crippen LogP contribution in [0.15, 0.2) is 24.3 Å². The Bertz CT molecular complexity index is 331. The van der Waals surface area contributed by atoms with Crippen LogP contribution in [0.1, 0.15) is 20.3 Å². The second kappa shape index (κ2) is 8.78. The Hall–Kier alpha value is -1.26. The van der Waals surface area contributed by atoms with Gasteiger partial charge in [-0.1, -0.05) is 19.1 Å². The van der Waals surface area contributed by atoms with Crippen LogP contribution in [-0.2, 0) is 0 Å². The van der Waals surface area contributed by atoms with E-state index >= 15 is 0 Å². The van der Waals surface area contributed by atoms with Gasteiger partial charge in [0.15, 0.2) is 11.5 Å². The molecule has 2 N–H and O–H groups in total. The van der Waals surface area contributed by atoms with Gasteiger partial charge in [0.05, 0.1) is 12.7 Å². The fourth-order valence-electron chi connectivity index (χ4n) is 1.49. The number of hydrogen-bond acceptors (Lipinski definition) is 4. The Morgan fingerprint density at radius 3 is 2.44 bits per heavy atom. The molecule has 1 atom stereocenters. The lowest BCUT2D eigenvalue weighted by Crippen LogP contribution is -2.29. The highest BCUT2D eigenvalue weighted by Gasteiger charge is 2.03. The van der Waals surface area contributed by atoms with Crippen molar-refractivity contribution < 1.29 is 14.6 Å². The van der Waals surface area contributed by atoms with Gasteiger partial charge in [-0.15, -0.1) is 0 Å². The van der Waals surface area contributed by atoms with Gasteiger partial charge in [0.2, 0.25) is 0 Å². The molecule has 0 radical (unpaired) electrons. The molecule has 0 aliphatic rings. The van der Waals surface area contributed by atoms with E-state index in [1.165, 1.54) is 0 Å². The van der Waals surface area contributed by atoms with E-state index in [9.17, 15) is 5.11 Å². The third kappa shape index (κ3) is 5.38. The second-order valence-corrected chi connectivity index (χ2v) is 3.99. The van der Waals surface area contributed by atoms with Crippen molar-refractivity contribution in [3.8, 4) is 11.5 Å². The van der Waals surface area contributed by atoms with E-state index in [0.29, 0.717) is 26.3 Å². The molecule has 0 aliphatic heterocycles. The van der Waals surface area contributed by atoms with Gasteiger partial charge >= 0.3 is 0 Å². The summed E-state index contributed by atoms with van der Waals surface area (Å²) in [6, 6.07) is 7.64. The average molecular weight is 253 g/mol. The minimum atomic E-state index is -0.277. The van der Waals surface area contributed by atoms with E-state index in [1.807, 2.05) is 38.1 Å². The highest BCUT2D eigenvalue weighted by atomic mass is 16.5. The Kier molecular flexibility index (Phi) is 7.22. The van der Waals surface area contributed by atoms with E-state index in [1.54, 1.807) is 0 Å². The van der Waals surface area contributed by atoms with Gasteiger partial charge < -0.3 is 19.9 Å². The number of rotatable bonds is 9. The van der Waals surface area contributed by atoms with Crippen LogP contribution in [0.2, 0.25) is 0 Å². The maximum Gasteiger partial charge on any atom is 0.161 e. The van der Waals surface area contributed by atoms with Crippen LogP contribution in [0, 0.1) is 0 Å². The third-order valence-corrected chi connectivity index (χ3v) is 2.54. The molecule has 0 aliphatic carbocycles. The molecular formula is C14H23NO3. The summed E-state index contributed by atoms with van der Waals surface area (Å²) in [5.74, 6) is 1.53. The maximum absolute atomic E-state index is 9.37. The summed E-state index contributed by atoms with van der Waals surface area (Å²) in [6.07, 6.45) is 0.488. The Morgan fingerprint density at radius 1 is 1.17 bits per heavy atom. The summed E-state index contributed by atoms with van der Waals surface area (Å²) >= 11 is 0. The molecule has 1 unspecified atom stereocenters. The van der Waals surface area contributed by atoms with E-state index in [4.69, 9.17) is 9.47 Å². The topological polar surface area (TPSA) is 50.7 Å². The zero-order valence-electron chi connectivity index (χ0n) is 11.2. The first-order valence-electron chi connectivity index (χ1n) is 6.51. The van der Waals surface area contributed by atoms with Crippen LogP contribution >= 0.6 is 0 Å². The molecule has 0 saturated carbocycles. The van der Waals surface area contributed by atoms with Gasteiger partial charge in [-0.25, -0.2) is 0 Å². The van der Waals surface area contributed by atoms with Crippen molar-refractivity contribution in [1.82, 2.24) is 5.32 Å². The monoisotopic (exact) mass is 253 g/mol. The van der Waals surface area contributed by atoms with Crippen molar-refractivity contribution >= 4 is 0 Å². The van der Waals surface area contributed by atoms with Gasteiger partial charge in [-0.3, -0.25) is 0 Å². The lowest BCUT2D eigenvalue weighted by molar-refractivity contribution is 0.164. The smallest absolute Gasteiger partial charge is 0.161 e. The van der Waals surface area contributed by atoms with Crippen LogP contribution in [-0.4, -0.2) is 37.5 Å². The molecule has 0 amide bonds. The molecule has 0 spiro atoms. The first-order valence-corrected chi connectivity index (χ1v) is 6.51. The van der Waals surface area contributed by atoms with E-state index in [-0.39, 0.29) is 6.10 Å². The molecule has 4 nitrogen and oxygen atoms in total. The number of aliphatic hydroxyl groups excluding tert-OH is 1. The van der Waals surface area contributed by atoms with E-state index in [0.717, 1.165) is 17.9 Å². The lowest BCUT2D eigenvalue weighted by atomic mass is 10.3. The molecule has 102 valence electrons.